The van der Waals surface area contributed by atoms with Crippen molar-refractivity contribution in [2.24, 2.45) is 5.92 Å². The van der Waals surface area contributed by atoms with Crippen LogP contribution in [0.15, 0.2) is 59.6 Å². The monoisotopic (exact) mass is 698 g/mol. The predicted octanol–water partition coefficient (Wildman–Crippen LogP) is 7.24. The highest BCUT2D eigenvalue weighted by Crippen LogP contribution is 2.49. The van der Waals surface area contributed by atoms with Crippen LogP contribution in [0.25, 0.3) is 0 Å². The molecule has 7 rings (SSSR count). The minimum absolute atomic E-state index is 0.0230. The SMILES string of the molecule is COC1(C[C@H](c2cccc(N3C=C4C(C(F)(F)F)=CC(CN5CCC[C@H](C)C5)=CN4C3O)c2)C2N(C)CNN2C2CCCCCCCC2)CC1. The maximum absolute atomic E-state index is 14.6. The van der Waals surface area contributed by atoms with Crippen LogP contribution in [0.1, 0.15) is 102 Å². The zero-order valence-corrected chi connectivity index (χ0v) is 30.2. The van der Waals surface area contributed by atoms with E-state index in [9.17, 15) is 18.3 Å². The Bertz CT molecular complexity index is 1430. The van der Waals surface area contributed by atoms with E-state index in [-0.39, 0.29) is 23.4 Å². The zero-order valence-electron chi connectivity index (χ0n) is 30.2. The first-order chi connectivity index (χ1) is 24.0. The predicted molar refractivity (Wildman–Crippen MR) is 190 cm³/mol. The number of nitrogens with one attached hydrogen (secondary N) is 1. The minimum Gasteiger partial charge on any atom is -0.378 e. The zero-order chi connectivity index (χ0) is 35.0. The summed E-state index contributed by atoms with van der Waals surface area (Å²) in [5.74, 6) is 0.606. The highest BCUT2D eigenvalue weighted by molar-refractivity contribution is 5.59. The molecule has 1 aromatic carbocycles. The van der Waals surface area contributed by atoms with Gasteiger partial charge in [-0.1, -0.05) is 57.6 Å². The van der Waals surface area contributed by atoms with Crippen LogP contribution < -0.4 is 10.3 Å². The number of benzene rings is 1. The lowest BCUT2D eigenvalue weighted by Gasteiger charge is -2.40. The van der Waals surface area contributed by atoms with Crippen LogP contribution in [0.4, 0.5) is 18.9 Å². The highest BCUT2D eigenvalue weighted by atomic mass is 19.4. The van der Waals surface area contributed by atoms with E-state index in [2.05, 4.69) is 46.3 Å². The van der Waals surface area contributed by atoms with E-state index in [1.54, 1.807) is 11.1 Å². The van der Waals surface area contributed by atoms with Gasteiger partial charge in [-0.25, -0.2) is 10.4 Å². The maximum atomic E-state index is 14.6. The summed E-state index contributed by atoms with van der Waals surface area (Å²) in [6, 6.07) is 8.55. The number of piperidine rings is 1. The summed E-state index contributed by atoms with van der Waals surface area (Å²) in [6.07, 6.45) is 13.8. The number of allylic oxidation sites excluding steroid dienone is 1. The third-order valence-electron chi connectivity index (χ3n) is 12.1. The molecule has 1 aromatic rings. The Balaban J connectivity index is 1.19. The van der Waals surface area contributed by atoms with Gasteiger partial charge in [0.05, 0.1) is 29.7 Å². The Hall–Kier alpha value is -2.41. The van der Waals surface area contributed by atoms with Crippen molar-refractivity contribution in [1.82, 2.24) is 25.1 Å². The van der Waals surface area contributed by atoms with Crippen molar-refractivity contribution in [2.75, 3.05) is 45.4 Å². The molecule has 276 valence electrons. The van der Waals surface area contributed by atoms with E-state index in [1.807, 2.05) is 19.2 Å². The number of likely N-dealkylation sites (tertiary alicyclic amines) is 1. The second-order valence-corrected chi connectivity index (χ2v) is 16.0. The molecule has 2 saturated carbocycles. The van der Waals surface area contributed by atoms with E-state index >= 15 is 0 Å². The minimum atomic E-state index is -4.56. The number of hydrazine groups is 1. The molecule has 2 N–H and O–H groups in total. The standard InChI is InChI=1S/C39H57F3N6O2/c1-28-12-11-19-45(23-28)24-29-20-34(39(40,41)42)35-26-46(37(49)47(35)25-29)32-16-10-13-30(21-32)33(22-38(50-3)17-18-38)36-44(2)27-43-48(36)31-14-8-6-4-5-7-9-15-31/h10,13,16,20-21,25-26,28,31,33,36-37,43,49H,4-9,11-12,14-15,17-19,22-24,27H2,1-3H3/t28-,33+,36?,37?/m0/s1. The number of fused-ring (bicyclic) bond motifs is 1. The van der Waals surface area contributed by atoms with Gasteiger partial charge in [0.25, 0.3) is 0 Å². The van der Waals surface area contributed by atoms with E-state index in [0.29, 0.717) is 29.8 Å². The molecule has 4 atom stereocenters. The quantitative estimate of drug-likeness (QED) is 0.280. The molecule has 11 heteroatoms. The fourth-order valence-electron chi connectivity index (χ4n) is 9.22. The lowest BCUT2D eigenvalue weighted by atomic mass is 9.87. The summed E-state index contributed by atoms with van der Waals surface area (Å²) >= 11 is 0. The number of ether oxygens (including phenoxy) is 1. The number of methoxy groups -OCH3 is 1. The molecule has 2 aliphatic carbocycles. The average Bonchev–Trinajstić information content (AvgIpc) is 3.60. The molecule has 0 aromatic heterocycles. The first-order valence-corrected chi connectivity index (χ1v) is 19.1. The molecule has 50 heavy (non-hydrogen) atoms. The third-order valence-corrected chi connectivity index (χ3v) is 12.1. The fourth-order valence-corrected chi connectivity index (χ4v) is 9.22. The van der Waals surface area contributed by atoms with Crippen molar-refractivity contribution in [1.29, 1.82) is 0 Å². The van der Waals surface area contributed by atoms with Crippen molar-refractivity contribution in [2.45, 2.75) is 127 Å². The second-order valence-electron chi connectivity index (χ2n) is 16.0. The van der Waals surface area contributed by atoms with Gasteiger partial charge in [0.2, 0.25) is 6.35 Å². The number of rotatable bonds is 9. The number of halogens is 3. The largest absolute Gasteiger partial charge is 0.418 e. The molecule has 4 fully saturated rings. The fraction of sp³-hybridized carbons (Fsp3) is 0.692. The summed E-state index contributed by atoms with van der Waals surface area (Å²) < 4.78 is 49.9. The maximum Gasteiger partial charge on any atom is 0.418 e. The Morgan fingerprint density at radius 3 is 2.42 bits per heavy atom. The number of aliphatic hydroxyl groups is 1. The summed E-state index contributed by atoms with van der Waals surface area (Å²) in [5.41, 5.74) is 5.21. The molecule has 4 aliphatic heterocycles. The van der Waals surface area contributed by atoms with E-state index in [1.165, 1.54) is 68.5 Å². The smallest absolute Gasteiger partial charge is 0.378 e. The molecule has 8 nitrogen and oxygen atoms in total. The first-order valence-electron chi connectivity index (χ1n) is 19.1. The lowest BCUT2D eigenvalue weighted by Crippen LogP contribution is -2.50. The Kier molecular flexibility index (Phi) is 10.7. The van der Waals surface area contributed by atoms with Gasteiger partial charge < -0.3 is 19.6 Å². The van der Waals surface area contributed by atoms with Crippen LogP contribution in [0.3, 0.4) is 0 Å². The number of alkyl halides is 3. The molecule has 0 radical (unpaired) electrons. The number of aliphatic hydroxyl groups excluding tert-OH is 1. The van der Waals surface area contributed by atoms with Gasteiger partial charge in [-0.3, -0.25) is 9.80 Å². The molecule has 0 spiro atoms. The van der Waals surface area contributed by atoms with Crippen molar-refractivity contribution < 1.29 is 23.0 Å². The van der Waals surface area contributed by atoms with Crippen LogP contribution >= 0.6 is 0 Å². The topological polar surface area (TPSA) is 57.7 Å². The number of hydrogen-bond acceptors (Lipinski definition) is 8. The Morgan fingerprint density at radius 1 is 1.00 bits per heavy atom. The third kappa shape index (κ3) is 7.69. The van der Waals surface area contributed by atoms with Crippen LogP contribution in [0.2, 0.25) is 0 Å². The molecule has 0 bridgehead atoms. The molecular formula is C39H57F3N6O2. The lowest BCUT2D eigenvalue weighted by molar-refractivity contribution is -0.0924. The van der Waals surface area contributed by atoms with Crippen molar-refractivity contribution in [3.05, 3.63) is 65.1 Å². The first kappa shape index (κ1) is 36.0. The van der Waals surface area contributed by atoms with Crippen molar-refractivity contribution in [3.63, 3.8) is 0 Å². The van der Waals surface area contributed by atoms with Crippen molar-refractivity contribution in [3.8, 4) is 0 Å². The summed E-state index contributed by atoms with van der Waals surface area (Å²) in [7, 11) is 4.00. The van der Waals surface area contributed by atoms with Crippen LogP contribution in [0, 0.1) is 5.92 Å². The number of likely N-dealkylation sites (N-methyl/N-ethyl adjacent to an activating group) is 1. The van der Waals surface area contributed by atoms with Gasteiger partial charge in [-0.2, -0.15) is 13.2 Å². The van der Waals surface area contributed by atoms with E-state index < -0.39 is 18.1 Å². The van der Waals surface area contributed by atoms with Gasteiger partial charge >= 0.3 is 6.18 Å². The van der Waals surface area contributed by atoms with Gasteiger partial charge in [-0.05, 0) is 93.8 Å². The average molecular weight is 699 g/mol. The van der Waals surface area contributed by atoms with Crippen molar-refractivity contribution >= 4 is 5.69 Å². The molecule has 2 saturated heterocycles. The molecule has 4 heterocycles. The van der Waals surface area contributed by atoms with Gasteiger partial charge in [0, 0.05) is 50.2 Å². The summed E-state index contributed by atoms with van der Waals surface area (Å²) in [6.45, 7) is 5.13. The summed E-state index contributed by atoms with van der Waals surface area (Å²) in [4.78, 5) is 7.62. The number of hydrogen-bond donors (Lipinski definition) is 2. The Morgan fingerprint density at radius 2 is 1.74 bits per heavy atom. The molecule has 0 amide bonds. The number of anilines is 1. The number of nitrogens with zero attached hydrogens (tertiary/aromatic N) is 5. The van der Waals surface area contributed by atoms with E-state index in [0.717, 1.165) is 57.4 Å². The van der Waals surface area contributed by atoms with Crippen LogP contribution in [0.5, 0.6) is 0 Å². The molecular weight excluding hydrogens is 641 g/mol. The van der Waals surface area contributed by atoms with Gasteiger partial charge in [0.15, 0.2) is 0 Å². The van der Waals surface area contributed by atoms with Gasteiger partial charge in [-0.15, -0.1) is 0 Å². The van der Waals surface area contributed by atoms with Gasteiger partial charge in [0.1, 0.15) is 0 Å². The Labute approximate surface area is 296 Å². The second kappa shape index (κ2) is 14.9. The normalized spacial score (nSPS) is 29.5. The highest BCUT2D eigenvalue weighted by Gasteiger charge is 2.50. The van der Waals surface area contributed by atoms with Crippen LogP contribution in [-0.4, -0.2) is 95.6 Å². The summed E-state index contributed by atoms with van der Waals surface area (Å²) in [5, 5.41) is 14.2. The van der Waals surface area contributed by atoms with Crippen LogP contribution in [-0.2, 0) is 4.74 Å². The molecule has 2 unspecified atom stereocenters. The molecule has 6 aliphatic rings. The van der Waals surface area contributed by atoms with E-state index in [4.69, 9.17) is 4.74 Å².